The summed E-state index contributed by atoms with van der Waals surface area (Å²) < 4.78 is 0. The van der Waals surface area contributed by atoms with Gasteiger partial charge in [0.25, 0.3) is 0 Å². The van der Waals surface area contributed by atoms with Crippen LogP contribution >= 0.6 is 11.8 Å². The average molecular weight is 162 g/mol. The molecule has 0 fully saturated rings. The number of unbranched alkanes of at least 4 members (excludes halogenated alkanes) is 1. The van der Waals surface area contributed by atoms with Crippen molar-refractivity contribution in [3.05, 3.63) is 0 Å². The molecule has 0 spiro atoms. The number of rotatable bonds is 5. The van der Waals surface area contributed by atoms with E-state index >= 15 is 0 Å². The molecular weight excluding hydrogens is 148 g/mol. The molecule has 0 aliphatic carbocycles. The molecule has 2 nitrogen and oxygen atoms in total. The van der Waals surface area contributed by atoms with Gasteiger partial charge in [0.1, 0.15) is 5.25 Å². The summed E-state index contributed by atoms with van der Waals surface area (Å²) in [5.41, 5.74) is 0. The normalized spacial score (nSPS) is 13.0. The Hall–Kier alpha value is -0.180. The molecule has 0 bridgehead atoms. The van der Waals surface area contributed by atoms with Crippen molar-refractivity contribution in [3.8, 4) is 0 Å². The van der Waals surface area contributed by atoms with Gasteiger partial charge in [-0.3, -0.25) is 4.79 Å². The summed E-state index contributed by atoms with van der Waals surface area (Å²) in [6, 6.07) is 0. The standard InChI is InChI=1S/C7H14O2S/c1-3-4-5-6(10-2)7(8)9/h6H,3-5H2,1-2H3,(H,8,9). The van der Waals surface area contributed by atoms with Crippen LogP contribution in [0.25, 0.3) is 0 Å². The van der Waals surface area contributed by atoms with E-state index in [1.807, 2.05) is 6.26 Å². The predicted molar refractivity (Wildman–Crippen MR) is 44.5 cm³/mol. The quantitative estimate of drug-likeness (QED) is 0.671. The molecule has 0 heterocycles. The van der Waals surface area contributed by atoms with Gasteiger partial charge >= 0.3 is 5.97 Å². The first kappa shape index (κ1) is 9.82. The minimum absolute atomic E-state index is 0.194. The van der Waals surface area contributed by atoms with E-state index in [9.17, 15) is 4.79 Å². The number of hydrogen-bond donors (Lipinski definition) is 1. The highest BCUT2D eigenvalue weighted by Gasteiger charge is 2.13. The number of carboxylic acids is 1. The molecule has 0 aromatic heterocycles. The third kappa shape index (κ3) is 3.77. The van der Waals surface area contributed by atoms with Crippen molar-refractivity contribution in [2.24, 2.45) is 0 Å². The molecule has 0 amide bonds. The van der Waals surface area contributed by atoms with Crippen LogP contribution in [0.15, 0.2) is 0 Å². The molecule has 1 unspecified atom stereocenters. The first-order valence-electron chi connectivity index (χ1n) is 3.48. The van der Waals surface area contributed by atoms with E-state index in [0.717, 1.165) is 19.3 Å². The number of aliphatic carboxylic acids is 1. The first-order chi connectivity index (χ1) is 4.72. The fourth-order valence-corrected chi connectivity index (χ4v) is 1.34. The largest absolute Gasteiger partial charge is 0.480 e. The summed E-state index contributed by atoms with van der Waals surface area (Å²) in [5.74, 6) is -0.680. The van der Waals surface area contributed by atoms with Crippen LogP contribution in [0, 0.1) is 0 Å². The minimum atomic E-state index is -0.680. The SMILES string of the molecule is CCCCC(SC)C(=O)O. The Morgan fingerprint density at radius 1 is 1.70 bits per heavy atom. The summed E-state index contributed by atoms with van der Waals surface area (Å²) in [7, 11) is 0. The lowest BCUT2D eigenvalue weighted by molar-refractivity contribution is -0.136. The topological polar surface area (TPSA) is 37.3 Å². The first-order valence-corrected chi connectivity index (χ1v) is 4.76. The highest BCUT2D eigenvalue weighted by molar-refractivity contribution is 7.99. The van der Waals surface area contributed by atoms with Crippen LogP contribution < -0.4 is 0 Å². The van der Waals surface area contributed by atoms with Crippen molar-refractivity contribution in [1.29, 1.82) is 0 Å². The maximum absolute atomic E-state index is 10.4. The third-order valence-corrected chi connectivity index (χ3v) is 2.39. The number of thioether (sulfide) groups is 1. The summed E-state index contributed by atoms with van der Waals surface area (Å²) in [5, 5.41) is 8.38. The van der Waals surface area contributed by atoms with Crippen LogP contribution in [-0.4, -0.2) is 22.6 Å². The molecule has 10 heavy (non-hydrogen) atoms. The van der Waals surface area contributed by atoms with Crippen molar-refractivity contribution in [2.75, 3.05) is 6.26 Å². The highest BCUT2D eigenvalue weighted by Crippen LogP contribution is 2.13. The molecule has 0 aromatic rings. The molecular formula is C7H14O2S. The molecule has 0 rings (SSSR count). The second-order valence-electron chi connectivity index (χ2n) is 2.20. The van der Waals surface area contributed by atoms with Crippen molar-refractivity contribution < 1.29 is 9.90 Å². The second kappa shape index (κ2) is 5.59. The zero-order valence-corrected chi connectivity index (χ0v) is 7.28. The Kier molecular flexibility index (Phi) is 5.49. The summed E-state index contributed by atoms with van der Waals surface area (Å²) in [6.07, 6.45) is 4.73. The molecule has 60 valence electrons. The van der Waals surface area contributed by atoms with Crippen LogP contribution in [0.4, 0.5) is 0 Å². The van der Waals surface area contributed by atoms with Crippen LogP contribution in [-0.2, 0) is 4.79 Å². The molecule has 0 radical (unpaired) electrons. The average Bonchev–Trinajstić information content (AvgIpc) is 1.89. The highest BCUT2D eigenvalue weighted by atomic mass is 32.2. The van der Waals surface area contributed by atoms with Gasteiger partial charge in [-0.25, -0.2) is 0 Å². The van der Waals surface area contributed by atoms with Gasteiger partial charge in [0.05, 0.1) is 0 Å². The van der Waals surface area contributed by atoms with Crippen LogP contribution in [0.2, 0.25) is 0 Å². The molecule has 0 aliphatic rings. The van der Waals surface area contributed by atoms with E-state index in [2.05, 4.69) is 6.92 Å². The summed E-state index contributed by atoms with van der Waals surface area (Å²) >= 11 is 1.42. The van der Waals surface area contributed by atoms with E-state index in [0.29, 0.717) is 0 Å². The molecule has 0 saturated heterocycles. The second-order valence-corrected chi connectivity index (χ2v) is 3.25. The van der Waals surface area contributed by atoms with Gasteiger partial charge in [0.15, 0.2) is 0 Å². The molecule has 0 aliphatic heterocycles. The Morgan fingerprint density at radius 2 is 2.30 bits per heavy atom. The molecule has 1 N–H and O–H groups in total. The van der Waals surface area contributed by atoms with Gasteiger partial charge in [-0.1, -0.05) is 19.8 Å². The van der Waals surface area contributed by atoms with Gasteiger partial charge in [0, 0.05) is 0 Å². The lowest BCUT2D eigenvalue weighted by Gasteiger charge is -2.06. The van der Waals surface area contributed by atoms with Crippen LogP contribution in [0.5, 0.6) is 0 Å². The smallest absolute Gasteiger partial charge is 0.316 e. The fraction of sp³-hybridized carbons (Fsp3) is 0.857. The lowest BCUT2D eigenvalue weighted by Crippen LogP contribution is -2.15. The zero-order chi connectivity index (χ0) is 7.98. The van der Waals surface area contributed by atoms with Crippen LogP contribution in [0.1, 0.15) is 26.2 Å². The van der Waals surface area contributed by atoms with E-state index in [4.69, 9.17) is 5.11 Å². The zero-order valence-electron chi connectivity index (χ0n) is 6.46. The van der Waals surface area contributed by atoms with Gasteiger partial charge in [-0.05, 0) is 12.7 Å². The summed E-state index contributed by atoms with van der Waals surface area (Å²) in [6.45, 7) is 2.07. The molecule has 1 atom stereocenters. The van der Waals surface area contributed by atoms with Crippen LogP contribution in [0.3, 0.4) is 0 Å². The van der Waals surface area contributed by atoms with Gasteiger partial charge in [-0.15, -0.1) is 0 Å². The number of hydrogen-bond acceptors (Lipinski definition) is 2. The number of carboxylic acid groups (broad SMARTS) is 1. The van der Waals surface area contributed by atoms with Gasteiger partial charge < -0.3 is 5.11 Å². The van der Waals surface area contributed by atoms with Crippen molar-refractivity contribution in [3.63, 3.8) is 0 Å². The lowest BCUT2D eigenvalue weighted by atomic mass is 10.2. The Morgan fingerprint density at radius 3 is 2.60 bits per heavy atom. The Balaban J connectivity index is 3.50. The number of carbonyl (C=O) groups is 1. The van der Waals surface area contributed by atoms with Gasteiger partial charge in [-0.2, -0.15) is 11.8 Å². The third-order valence-electron chi connectivity index (χ3n) is 1.38. The van der Waals surface area contributed by atoms with Gasteiger partial charge in [0.2, 0.25) is 0 Å². The molecule has 3 heteroatoms. The van der Waals surface area contributed by atoms with Crippen molar-refractivity contribution >= 4 is 17.7 Å². The molecule has 0 saturated carbocycles. The van der Waals surface area contributed by atoms with E-state index in [1.165, 1.54) is 11.8 Å². The predicted octanol–water partition coefficient (Wildman–Crippen LogP) is 1.99. The monoisotopic (exact) mass is 162 g/mol. The fourth-order valence-electron chi connectivity index (χ4n) is 0.732. The maximum atomic E-state index is 10.4. The summed E-state index contributed by atoms with van der Waals surface area (Å²) in [4.78, 5) is 10.4. The Bertz CT molecular complexity index is 104. The minimum Gasteiger partial charge on any atom is -0.480 e. The van der Waals surface area contributed by atoms with E-state index in [-0.39, 0.29) is 5.25 Å². The maximum Gasteiger partial charge on any atom is 0.316 e. The Labute approximate surface area is 66.0 Å². The molecule has 0 aromatic carbocycles. The van der Waals surface area contributed by atoms with Crippen molar-refractivity contribution in [1.82, 2.24) is 0 Å². The van der Waals surface area contributed by atoms with E-state index in [1.54, 1.807) is 0 Å². The van der Waals surface area contributed by atoms with Crippen molar-refractivity contribution in [2.45, 2.75) is 31.4 Å². The van der Waals surface area contributed by atoms with E-state index < -0.39 is 5.97 Å².